The Morgan fingerprint density at radius 2 is 2.19 bits per heavy atom. The topological polar surface area (TPSA) is 45.2 Å². The number of carbonyl (C=O) groups excluding carboxylic acids is 1. The summed E-state index contributed by atoms with van der Waals surface area (Å²) in [5, 5.41) is 4.36. The highest BCUT2D eigenvalue weighted by atomic mass is 32.1. The van der Waals surface area contributed by atoms with Gasteiger partial charge in [-0.3, -0.25) is 4.79 Å². The summed E-state index contributed by atoms with van der Waals surface area (Å²) in [6.07, 6.45) is 7.96. The van der Waals surface area contributed by atoms with Crippen LogP contribution < -0.4 is 5.32 Å². The summed E-state index contributed by atoms with van der Waals surface area (Å²) >= 11 is 1.49. The molecule has 21 heavy (non-hydrogen) atoms. The molecule has 1 aliphatic rings. The largest absolute Gasteiger partial charge is 0.376 e. The van der Waals surface area contributed by atoms with Gasteiger partial charge in [0.15, 0.2) is 0 Å². The molecule has 1 amide bonds. The van der Waals surface area contributed by atoms with Crippen molar-refractivity contribution in [3.8, 4) is 0 Å². The number of likely N-dealkylation sites (N-methyl/N-ethyl adjacent to an activating group) is 1. The van der Waals surface area contributed by atoms with Gasteiger partial charge in [-0.25, -0.2) is 0 Å². The molecule has 0 radical (unpaired) electrons. The van der Waals surface area contributed by atoms with E-state index >= 15 is 0 Å². The Hall–Kier alpha value is -1.62. The van der Waals surface area contributed by atoms with Crippen molar-refractivity contribution < 1.29 is 4.79 Å². The minimum Gasteiger partial charge on any atom is -0.376 e. The van der Waals surface area contributed by atoms with Crippen molar-refractivity contribution in [2.75, 3.05) is 18.9 Å². The van der Waals surface area contributed by atoms with E-state index in [-0.39, 0.29) is 5.91 Å². The van der Waals surface area contributed by atoms with E-state index in [9.17, 15) is 4.79 Å². The summed E-state index contributed by atoms with van der Waals surface area (Å²) in [6, 6.07) is 6.53. The van der Waals surface area contributed by atoms with Crippen molar-refractivity contribution in [1.82, 2.24) is 9.27 Å². The lowest BCUT2D eigenvalue weighted by atomic mass is 9.94. The molecule has 112 valence electrons. The molecule has 1 N–H and O–H groups in total. The maximum Gasteiger partial charge on any atom is 0.241 e. The molecule has 1 aromatic heterocycles. The molecule has 1 saturated carbocycles. The van der Waals surface area contributed by atoms with E-state index in [0.717, 1.165) is 23.9 Å². The summed E-state index contributed by atoms with van der Waals surface area (Å²) < 4.78 is 5.34. The molecule has 4 nitrogen and oxygen atoms in total. The van der Waals surface area contributed by atoms with Gasteiger partial charge in [0, 0.05) is 30.4 Å². The second-order valence-corrected chi connectivity index (χ2v) is 6.56. The van der Waals surface area contributed by atoms with Crippen molar-refractivity contribution in [2.45, 2.75) is 38.1 Å². The Morgan fingerprint density at radius 3 is 3.00 bits per heavy atom. The van der Waals surface area contributed by atoms with Gasteiger partial charge in [-0.1, -0.05) is 19.3 Å². The van der Waals surface area contributed by atoms with E-state index in [1.54, 1.807) is 0 Å². The fraction of sp³-hybridized carbons (Fsp3) is 0.500. The number of carbonyl (C=O) groups is 1. The first-order chi connectivity index (χ1) is 10.2. The van der Waals surface area contributed by atoms with Crippen molar-refractivity contribution >= 4 is 33.2 Å². The Labute approximate surface area is 129 Å². The van der Waals surface area contributed by atoms with Crippen molar-refractivity contribution in [2.24, 2.45) is 0 Å². The lowest BCUT2D eigenvalue weighted by Gasteiger charge is -2.31. The number of benzene rings is 1. The average molecular weight is 303 g/mol. The van der Waals surface area contributed by atoms with Gasteiger partial charge in [-0.15, -0.1) is 0 Å². The minimum atomic E-state index is 0.172. The number of amides is 1. The monoisotopic (exact) mass is 303 g/mol. The summed E-state index contributed by atoms with van der Waals surface area (Å²) in [4.78, 5) is 14.2. The van der Waals surface area contributed by atoms with Crippen LogP contribution in [-0.4, -0.2) is 34.8 Å². The molecule has 1 aliphatic carbocycles. The van der Waals surface area contributed by atoms with E-state index in [1.165, 1.54) is 35.5 Å². The van der Waals surface area contributed by atoms with E-state index in [1.807, 2.05) is 36.3 Å². The van der Waals surface area contributed by atoms with Gasteiger partial charge in [0.25, 0.3) is 0 Å². The van der Waals surface area contributed by atoms with Crippen LogP contribution in [0.4, 0.5) is 5.69 Å². The van der Waals surface area contributed by atoms with Gasteiger partial charge in [0.1, 0.15) is 0 Å². The number of fused-ring (bicyclic) bond motifs is 1. The Balaban J connectivity index is 1.57. The minimum absolute atomic E-state index is 0.172. The number of rotatable bonds is 4. The molecule has 2 aromatic rings. The SMILES string of the molecule is CN(C(=O)CNc1ccc2sncc2c1)C1CCCCC1. The lowest BCUT2D eigenvalue weighted by Crippen LogP contribution is -2.41. The third-order valence-corrected chi connectivity index (χ3v) is 5.09. The highest BCUT2D eigenvalue weighted by Gasteiger charge is 2.21. The first kappa shape index (κ1) is 14.3. The van der Waals surface area contributed by atoms with E-state index < -0.39 is 0 Å². The van der Waals surface area contributed by atoms with E-state index in [0.29, 0.717) is 12.6 Å². The van der Waals surface area contributed by atoms with Crippen LogP contribution in [0.25, 0.3) is 10.1 Å². The van der Waals surface area contributed by atoms with Gasteiger partial charge >= 0.3 is 0 Å². The van der Waals surface area contributed by atoms with Crippen molar-refractivity contribution in [3.63, 3.8) is 0 Å². The molecule has 5 heteroatoms. The molecule has 0 bridgehead atoms. The quantitative estimate of drug-likeness (QED) is 0.940. The molecule has 0 spiro atoms. The second-order valence-electron chi connectivity index (χ2n) is 5.73. The van der Waals surface area contributed by atoms with E-state index in [2.05, 4.69) is 9.69 Å². The summed E-state index contributed by atoms with van der Waals surface area (Å²) in [5.74, 6) is 0.172. The van der Waals surface area contributed by atoms with Crippen LogP contribution in [0, 0.1) is 0 Å². The maximum absolute atomic E-state index is 12.3. The van der Waals surface area contributed by atoms with Crippen LogP contribution in [0.15, 0.2) is 24.4 Å². The predicted octanol–water partition coefficient (Wildman–Crippen LogP) is 3.50. The Bertz CT molecular complexity index is 619. The second kappa shape index (κ2) is 6.43. The third kappa shape index (κ3) is 3.35. The molecule has 0 aliphatic heterocycles. The predicted molar refractivity (Wildman–Crippen MR) is 87.8 cm³/mol. The zero-order chi connectivity index (χ0) is 14.7. The van der Waals surface area contributed by atoms with Crippen LogP contribution in [-0.2, 0) is 4.79 Å². The van der Waals surface area contributed by atoms with Gasteiger partial charge in [-0.2, -0.15) is 4.37 Å². The molecule has 3 rings (SSSR count). The summed E-state index contributed by atoms with van der Waals surface area (Å²) in [5.41, 5.74) is 0.980. The number of nitrogens with zero attached hydrogens (tertiary/aromatic N) is 2. The van der Waals surface area contributed by atoms with Crippen LogP contribution in [0.5, 0.6) is 0 Å². The van der Waals surface area contributed by atoms with Crippen LogP contribution in [0.3, 0.4) is 0 Å². The van der Waals surface area contributed by atoms with Crippen LogP contribution in [0.2, 0.25) is 0 Å². The van der Waals surface area contributed by atoms with E-state index in [4.69, 9.17) is 0 Å². The average Bonchev–Trinajstić information content (AvgIpc) is 3.00. The molecule has 1 aromatic carbocycles. The maximum atomic E-state index is 12.3. The third-order valence-electron chi connectivity index (χ3n) is 4.31. The number of hydrogen-bond donors (Lipinski definition) is 1. The van der Waals surface area contributed by atoms with Gasteiger partial charge in [-0.05, 0) is 42.6 Å². The Morgan fingerprint density at radius 1 is 1.38 bits per heavy atom. The molecule has 1 heterocycles. The summed E-state index contributed by atoms with van der Waals surface area (Å²) in [6.45, 7) is 0.357. The zero-order valence-electron chi connectivity index (χ0n) is 12.3. The molecule has 0 atom stereocenters. The van der Waals surface area contributed by atoms with Crippen molar-refractivity contribution in [3.05, 3.63) is 24.4 Å². The molecule has 0 saturated heterocycles. The number of anilines is 1. The normalized spacial score (nSPS) is 16.0. The molecule has 1 fully saturated rings. The summed E-state index contributed by atoms with van der Waals surface area (Å²) in [7, 11) is 1.94. The Kier molecular flexibility index (Phi) is 4.39. The number of hydrogen-bond acceptors (Lipinski definition) is 4. The lowest BCUT2D eigenvalue weighted by molar-refractivity contribution is -0.130. The number of nitrogens with one attached hydrogen (secondary N) is 1. The van der Waals surface area contributed by atoms with Crippen molar-refractivity contribution in [1.29, 1.82) is 0 Å². The van der Waals surface area contributed by atoms with Crippen LogP contribution >= 0.6 is 11.5 Å². The fourth-order valence-corrected chi connectivity index (χ4v) is 3.58. The molecular formula is C16H21N3OS. The molecule has 0 unspecified atom stereocenters. The fourth-order valence-electron chi connectivity index (χ4n) is 2.96. The first-order valence-corrected chi connectivity index (χ1v) is 8.35. The van der Waals surface area contributed by atoms with Crippen LogP contribution in [0.1, 0.15) is 32.1 Å². The van der Waals surface area contributed by atoms with Gasteiger partial charge in [0.05, 0.1) is 11.2 Å². The highest BCUT2D eigenvalue weighted by molar-refractivity contribution is 7.13. The highest BCUT2D eigenvalue weighted by Crippen LogP contribution is 2.23. The van der Waals surface area contributed by atoms with Gasteiger partial charge in [0.2, 0.25) is 5.91 Å². The number of aromatic nitrogens is 1. The zero-order valence-corrected chi connectivity index (χ0v) is 13.2. The first-order valence-electron chi connectivity index (χ1n) is 7.58. The van der Waals surface area contributed by atoms with Gasteiger partial charge < -0.3 is 10.2 Å². The smallest absolute Gasteiger partial charge is 0.241 e. The molecular weight excluding hydrogens is 282 g/mol. The standard InChI is InChI=1S/C16H21N3OS/c1-19(14-5-3-2-4-6-14)16(20)11-17-13-7-8-15-12(9-13)10-18-21-15/h7-10,14,17H,2-6,11H2,1H3.